The first-order chi connectivity index (χ1) is 27.3. The molecule has 1 aromatic rings. The molecule has 0 N–H and O–H groups in total. The van der Waals surface area contributed by atoms with Crippen LogP contribution in [-0.4, -0.2) is 38.1 Å². The molecule has 0 saturated carbocycles. The summed E-state index contributed by atoms with van der Waals surface area (Å²) in [6.45, 7) is 4.42. The van der Waals surface area contributed by atoms with Crippen molar-refractivity contribution >= 4 is 22.1 Å². The summed E-state index contributed by atoms with van der Waals surface area (Å²) in [5, 5.41) is 0. The van der Waals surface area contributed by atoms with E-state index in [4.69, 9.17) is 9.47 Å². The molecule has 0 aliphatic rings. The molecule has 7 nitrogen and oxygen atoms in total. The van der Waals surface area contributed by atoms with Crippen molar-refractivity contribution in [3.8, 4) is 0 Å². The smallest absolute Gasteiger partial charge is 0.744 e. The van der Waals surface area contributed by atoms with Crippen LogP contribution in [0.3, 0.4) is 0 Å². The topological polar surface area (TPSA) is 110 Å². The van der Waals surface area contributed by atoms with Crippen LogP contribution in [0.2, 0.25) is 0 Å². The number of ether oxygens (including phenoxy) is 2. The Balaban J connectivity index is 0.0000314. The van der Waals surface area contributed by atoms with E-state index in [-0.39, 0.29) is 48.3 Å². The number of rotatable bonds is 39. The summed E-state index contributed by atoms with van der Waals surface area (Å²) in [6, 6.07) is 3.64. The van der Waals surface area contributed by atoms with Crippen molar-refractivity contribution in [1.29, 1.82) is 0 Å². The number of hydrogen-bond donors (Lipinski definition) is 0. The van der Waals surface area contributed by atoms with E-state index < -0.39 is 32.5 Å². The van der Waals surface area contributed by atoms with E-state index in [1.165, 1.54) is 166 Å². The molecule has 1 rings (SSSR count). The first-order valence-corrected chi connectivity index (χ1v) is 24.4. The quantitative estimate of drug-likeness (QED) is 0.0214. The normalized spacial score (nSPS) is 11.7. The molecule has 0 aliphatic heterocycles. The summed E-state index contributed by atoms with van der Waals surface area (Å²) < 4.78 is 46.8. The number of hydrogen-bond acceptors (Lipinski definition) is 7. The molecule has 0 aliphatic carbocycles. The molecular weight excluding hydrogens is 744 g/mol. The van der Waals surface area contributed by atoms with Crippen molar-refractivity contribution in [2.45, 2.75) is 224 Å². The number of benzene rings is 1. The van der Waals surface area contributed by atoms with E-state index in [1.807, 2.05) is 0 Å². The predicted octanol–water partition coefficient (Wildman–Crippen LogP) is 11.5. The van der Waals surface area contributed by atoms with Gasteiger partial charge in [0.25, 0.3) is 0 Å². The van der Waals surface area contributed by atoms with Gasteiger partial charge in [-0.15, -0.1) is 0 Å². The summed E-state index contributed by atoms with van der Waals surface area (Å²) in [4.78, 5) is 25.2. The van der Waals surface area contributed by atoms with Crippen LogP contribution in [0, 0.1) is 0 Å². The third kappa shape index (κ3) is 32.1. The molecule has 0 radical (unpaired) electrons. The summed E-state index contributed by atoms with van der Waals surface area (Å²) >= 11 is 0. The van der Waals surface area contributed by atoms with Gasteiger partial charge in [0.2, 0.25) is 0 Å². The Morgan fingerprint density at radius 1 is 0.491 bits per heavy atom. The summed E-state index contributed by atoms with van der Waals surface area (Å²) in [5.74, 6) is -1.80. The first-order valence-electron chi connectivity index (χ1n) is 23.0. The van der Waals surface area contributed by atoms with Crippen molar-refractivity contribution in [2.24, 2.45) is 0 Å². The minimum absolute atomic E-state index is 0. The van der Waals surface area contributed by atoms with Crippen molar-refractivity contribution in [3.63, 3.8) is 0 Å². The fourth-order valence-corrected chi connectivity index (χ4v) is 7.95. The molecule has 57 heavy (non-hydrogen) atoms. The van der Waals surface area contributed by atoms with Crippen LogP contribution in [0.5, 0.6) is 0 Å². The van der Waals surface area contributed by atoms with E-state index in [9.17, 15) is 22.6 Å². The maximum absolute atomic E-state index is 13.0. The SMILES string of the molecule is C/C=C/CCCCCCCCCCCCCCCCCOC(=O)c1cccc(S(=O)(=O)[O-])c1C(=O)OCCCCCCCCCCCCCCCCC/C=C/C.[Na+]. The van der Waals surface area contributed by atoms with Crippen LogP contribution in [0.1, 0.15) is 240 Å². The molecule has 0 heterocycles. The van der Waals surface area contributed by atoms with E-state index >= 15 is 0 Å². The zero-order valence-electron chi connectivity index (χ0n) is 36.8. The van der Waals surface area contributed by atoms with Gasteiger partial charge in [-0.3, -0.25) is 0 Å². The van der Waals surface area contributed by atoms with Gasteiger partial charge in [0.15, 0.2) is 0 Å². The minimum Gasteiger partial charge on any atom is -0.744 e. The first kappa shape index (κ1) is 55.5. The van der Waals surface area contributed by atoms with Gasteiger partial charge in [-0.25, -0.2) is 18.0 Å². The van der Waals surface area contributed by atoms with E-state index in [1.54, 1.807) is 0 Å². The minimum atomic E-state index is -5.01. The zero-order valence-corrected chi connectivity index (χ0v) is 39.7. The average molecular weight is 825 g/mol. The molecule has 0 aromatic heterocycles. The monoisotopic (exact) mass is 825 g/mol. The summed E-state index contributed by atoms with van der Waals surface area (Å²) in [6.07, 6.45) is 47.7. The molecule has 0 saturated heterocycles. The van der Waals surface area contributed by atoms with Gasteiger partial charge >= 0.3 is 41.5 Å². The number of carbonyl (C=O) groups excluding carboxylic acids is 2. The van der Waals surface area contributed by atoms with E-state index in [0.29, 0.717) is 12.8 Å². The van der Waals surface area contributed by atoms with Crippen LogP contribution < -0.4 is 29.6 Å². The van der Waals surface area contributed by atoms with Gasteiger partial charge in [0, 0.05) is 0 Å². The molecule has 0 spiro atoms. The van der Waals surface area contributed by atoms with Gasteiger partial charge in [-0.05, 0) is 64.5 Å². The second-order valence-electron chi connectivity index (χ2n) is 15.7. The van der Waals surface area contributed by atoms with Crippen LogP contribution >= 0.6 is 0 Å². The third-order valence-electron chi connectivity index (χ3n) is 10.7. The Morgan fingerprint density at radius 3 is 1.11 bits per heavy atom. The molecule has 9 heteroatoms. The van der Waals surface area contributed by atoms with Crippen LogP contribution in [0.15, 0.2) is 47.4 Å². The zero-order chi connectivity index (χ0) is 40.8. The molecule has 0 bridgehead atoms. The number of allylic oxidation sites excluding steroid dienone is 4. The fraction of sp³-hybridized carbons (Fsp3) is 0.750. The van der Waals surface area contributed by atoms with Gasteiger partial charge < -0.3 is 14.0 Å². The molecule has 322 valence electrons. The van der Waals surface area contributed by atoms with Crippen molar-refractivity contribution in [1.82, 2.24) is 0 Å². The van der Waals surface area contributed by atoms with E-state index in [0.717, 1.165) is 44.6 Å². The van der Waals surface area contributed by atoms with Crippen molar-refractivity contribution < 1.29 is 61.6 Å². The summed E-state index contributed by atoms with van der Waals surface area (Å²) in [5.41, 5.74) is -0.772. The van der Waals surface area contributed by atoms with Gasteiger partial charge in [0.05, 0.1) is 29.2 Å². The Labute approximate surface area is 372 Å². The van der Waals surface area contributed by atoms with Crippen molar-refractivity contribution in [2.75, 3.05) is 13.2 Å². The largest absolute Gasteiger partial charge is 1.00 e. The maximum Gasteiger partial charge on any atom is 1.00 e. The van der Waals surface area contributed by atoms with Gasteiger partial charge in [0.1, 0.15) is 10.1 Å². The maximum atomic E-state index is 13.0. The van der Waals surface area contributed by atoms with Crippen LogP contribution in [-0.2, 0) is 19.6 Å². The Morgan fingerprint density at radius 2 is 0.789 bits per heavy atom. The number of unbranched alkanes of at least 4 members (excludes halogenated alkanes) is 30. The molecule has 1 aromatic carbocycles. The van der Waals surface area contributed by atoms with Crippen LogP contribution in [0.25, 0.3) is 0 Å². The molecule has 0 amide bonds. The summed E-state index contributed by atoms with van der Waals surface area (Å²) in [7, 11) is -5.01. The molecule has 0 fully saturated rings. The van der Waals surface area contributed by atoms with Gasteiger partial charge in [-0.2, -0.15) is 0 Å². The average Bonchev–Trinajstić information content (AvgIpc) is 3.18. The Hall–Kier alpha value is -1.45. The molecular formula is C48H81NaO7S. The van der Waals surface area contributed by atoms with Gasteiger partial charge in [-0.1, -0.05) is 197 Å². The molecule has 0 atom stereocenters. The van der Waals surface area contributed by atoms with Crippen LogP contribution in [0.4, 0.5) is 0 Å². The number of esters is 2. The third-order valence-corrected chi connectivity index (χ3v) is 11.6. The fourth-order valence-electron chi connectivity index (χ4n) is 7.26. The standard InChI is InChI=1S/C48H82O7S.Na/c1-3-5-7-9-11-13-15-17-19-21-23-25-27-29-31-33-35-37-42-54-47(49)44-40-39-41-45(56(51,52)53)46(44)48(50)55-43-38-36-34-32-30-28-26-24-22-20-18-16-14-12-10-8-6-4-2;/h3-6,39-41H,7-38,42-43H2,1-2H3,(H,51,52,53);/q;+1/p-1/b5-3+,6-4+;. The van der Waals surface area contributed by atoms with E-state index in [2.05, 4.69) is 38.2 Å². The van der Waals surface area contributed by atoms with Crippen molar-refractivity contribution in [3.05, 3.63) is 53.6 Å². The second kappa shape index (κ2) is 40.0. The predicted molar refractivity (Wildman–Crippen MR) is 232 cm³/mol. The second-order valence-corrected chi connectivity index (χ2v) is 17.1. The Bertz CT molecular complexity index is 1280. The Kier molecular flexibility index (Phi) is 39.0. The number of carbonyl (C=O) groups is 2. The molecule has 0 unspecified atom stereocenters.